The molecular weight excluding hydrogens is 1340 g/mol. The number of aliphatic hydroxyl groups is 2. The van der Waals surface area contributed by atoms with E-state index < -0.39 is 86.1 Å². The second kappa shape index (κ2) is 51.2. The fourth-order valence-corrected chi connectivity index (χ4v) is 7.18. The van der Waals surface area contributed by atoms with E-state index in [1.54, 1.807) is 62.3 Å². The van der Waals surface area contributed by atoms with E-state index in [1.165, 1.54) is 35.4 Å². The lowest BCUT2D eigenvalue weighted by molar-refractivity contribution is -0.181. The lowest BCUT2D eigenvalue weighted by Crippen LogP contribution is -2.50. The number of aliphatic hydroxyl groups excluding tert-OH is 2. The van der Waals surface area contributed by atoms with E-state index >= 15 is 0 Å². The summed E-state index contributed by atoms with van der Waals surface area (Å²) in [5.41, 5.74) is -4.59. The molecule has 0 radical (unpaired) electrons. The molecule has 1 aliphatic carbocycles. The summed E-state index contributed by atoms with van der Waals surface area (Å²) in [7, 11) is 5.53. The highest BCUT2D eigenvalue weighted by atomic mass is 16.6. The van der Waals surface area contributed by atoms with Gasteiger partial charge in [-0.15, -0.1) is 0 Å². The van der Waals surface area contributed by atoms with Gasteiger partial charge in [0.25, 0.3) is 0 Å². The van der Waals surface area contributed by atoms with Crippen molar-refractivity contribution < 1.29 is 130 Å². The Morgan fingerprint density at radius 3 is 1.21 bits per heavy atom. The zero-order chi connectivity index (χ0) is 82.5. The molecule has 1 heterocycles. The van der Waals surface area contributed by atoms with Crippen LogP contribution in [0, 0.1) is 54.7 Å². The number of hydrogen-bond donors (Lipinski definition) is 5. The van der Waals surface area contributed by atoms with E-state index in [-0.39, 0.29) is 104 Å². The predicted octanol–water partition coefficient (Wildman–Crippen LogP) is 12.5. The van der Waals surface area contributed by atoms with Gasteiger partial charge in [-0.3, -0.25) is 47.9 Å². The molecule has 0 bridgehead atoms. The van der Waals surface area contributed by atoms with Crippen LogP contribution in [0.25, 0.3) is 0 Å². The molecule has 2 aliphatic rings. The minimum absolute atomic E-state index is 0.0441. The Balaban J connectivity index is -0.000000268. The number of carboxylic acids is 3. The predicted molar refractivity (Wildman–Crippen MR) is 388 cm³/mol. The van der Waals surface area contributed by atoms with Crippen LogP contribution < -0.4 is 0 Å². The Morgan fingerprint density at radius 1 is 0.524 bits per heavy atom. The summed E-state index contributed by atoms with van der Waals surface area (Å²) in [5, 5.41) is 44.8. The third-order valence-corrected chi connectivity index (χ3v) is 18.4. The van der Waals surface area contributed by atoms with Crippen LogP contribution in [0.4, 0.5) is 0 Å². The molecule has 1 saturated heterocycles. The molecular formula is C76H136O27. The molecule has 6 unspecified atom stereocenters. The summed E-state index contributed by atoms with van der Waals surface area (Å²) < 4.78 is 49.1. The molecule has 6 atom stereocenters. The van der Waals surface area contributed by atoms with E-state index in [0.717, 1.165) is 25.3 Å². The molecule has 1 saturated carbocycles. The van der Waals surface area contributed by atoms with E-state index in [0.29, 0.717) is 64.4 Å². The second-order valence-electron chi connectivity index (χ2n) is 30.0. The van der Waals surface area contributed by atoms with Crippen LogP contribution in [0.1, 0.15) is 250 Å². The monoisotopic (exact) mass is 1480 g/mol. The first kappa shape index (κ1) is 107. The largest absolute Gasteiger partial charge is 0.481 e. The fraction of sp³-hybridized carbons (Fsp3) is 0.789. The van der Waals surface area contributed by atoms with Crippen molar-refractivity contribution in [3.05, 3.63) is 24.8 Å². The first-order chi connectivity index (χ1) is 46.9. The van der Waals surface area contributed by atoms with Crippen molar-refractivity contribution in [3.63, 3.8) is 0 Å². The minimum atomic E-state index is -1.02. The van der Waals surface area contributed by atoms with Gasteiger partial charge in [0.2, 0.25) is 0 Å². The number of ether oxygens (including phenoxy) is 10. The van der Waals surface area contributed by atoms with E-state index in [1.807, 2.05) is 96.9 Å². The Labute approximate surface area is 615 Å². The molecule has 5 N–H and O–H groups in total. The molecule has 602 valence electrons. The highest BCUT2D eigenvalue weighted by Gasteiger charge is 2.52. The van der Waals surface area contributed by atoms with Crippen LogP contribution in [0.3, 0.4) is 0 Å². The molecule has 27 heteroatoms. The summed E-state index contributed by atoms with van der Waals surface area (Å²) in [5.74, 6) is -5.27. The zero-order valence-electron chi connectivity index (χ0n) is 68.0. The Hall–Kier alpha value is -7.00. The maximum absolute atomic E-state index is 12.0. The SMILES string of the molecule is C=C(C)C(=O)OCC(O)COC(=O)C(C)(C)CC.C=CC(=O)OCC1CCC(OC(=O)C(C)(C)CC)C(O)C1.CCC(C)(C)C(=O)O.CCC(C)(C)C(=O)O.CCC(C)(C)C(=O)OC.CCC(C)(C)C(=O)OC.CCC(C)(C)C(=O)OCCC(=O)O.CCC1(C(=O)OC)COCC(C)(C(=O)OC)C1. The van der Waals surface area contributed by atoms with E-state index in [4.69, 9.17) is 53.2 Å². The van der Waals surface area contributed by atoms with Crippen LogP contribution in [-0.2, 0) is 105 Å². The van der Waals surface area contributed by atoms with Crippen molar-refractivity contribution in [1.82, 2.24) is 0 Å². The number of aliphatic carboxylic acids is 3. The van der Waals surface area contributed by atoms with Crippen molar-refractivity contribution in [1.29, 1.82) is 0 Å². The van der Waals surface area contributed by atoms with Crippen molar-refractivity contribution in [3.8, 4) is 0 Å². The van der Waals surface area contributed by atoms with Crippen molar-refractivity contribution in [2.75, 3.05) is 68.1 Å². The van der Waals surface area contributed by atoms with Crippen LogP contribution >= 0.6 is 0 Å². The topological polar surface area (TPSA) is 398 Å². The number of methoxy groups -OCH3 is 4. The molecule has 1 aliphatic heterocycles. The number of hydrogen-bond acceptors (Lipinski definition) is 24. The normalized spacial score (nSPS) is 18.1. The summed E-state index contributed by atoms with van der Waals surface area (Å²) in [6.07, 6.45) is 6.60. The van der Waals surface area contributed by atoms with E-state index in [9.17, 15) is 67.7 Å². The molecule has 2 rings (SSSR count). The lowest BCUT2D eigenvalue weighted by Gasteiger charge is -2.42. The van der Waals surface area contributed by atoms with Gasteiger partial charge < -0.3 is 72.9 Å². The van der Waals surface area contributed by atoms with Gasteiger partial charge in [-0.05, 0) is 194 Å². The lowest BCUT2D eigenvalue weighted by atomic mass is 9.69. The Bertz CT molecular complexity index is 2580. The maximum atomic E-state index is 12.0. The molecule has 2 fully saturated rings. The van der Waals surface area contributed by atoms with Crippen LogP contribution in [-0.4, -0.2) is 184 Å². The first-order valence-corrected chi connectivity index (χ1v) is 35.1. The van der Waals surface area contributed by atoms with Crippen molar-refractivity contribution in [2.24, 2.45) is 54.7 Å². The standard InChI is InChI=1S/C16H26O5.C13H22O5.C12H20O5.C9H16O4.2C7H14O2.2C6H12O2/c1-5-14(18)20-10-11-7-8-13(12(17)9-11)21-15(19)16(3,4)6-2;1-6-13(4,5)12(16)18-8-10(14)7-17-11(15)9(2)3;1-5-12(10(14)16-4)6-11(2,7-17-8-12)9(13)15-3;1-4-9(2,3)8(12)13-6-5-7(10)11;2*1-5-7(2,3)6(8)9-4;2*1-4-6(2,3)5(7)8/h5,11-13,17H,1,6-10H2,2-4H3;10,14H,2,6-8H2,1,3-5H3;5-8H2,1-4H3;4-6H2,1-3H3,(H,10,11);2*5H2,1-4H3;2*4H2,1-3H3,(H,7,8). The van der Waals surface area contributed by atoms with Gasteiger partial charge in [-0.1, -0.05) is 68.5 Å². The number of rotatable bonds is 29. The first-order valence-electron chi connectivity index (χ1n) is 35.1. The second-order valence-corrected chi connectivity index (χ2v) is 30.0. The van der Waals surface area contributed by atoms with Crippen molar-refractivity contribution in [2.45, 2.75) is 268 Å². The number of esters is 9. The van der Waals surface area contributed by atoms with Gasteiger partial charge in [0.05, 0.1) is 110 Å². The molecule has 0 spiro atoms. The molecule has 0 aromatic heterocycles. The molecule has 103 heavy (non-hydrogen) atoms. The van der Waals surface area contributed by atoms with Gasteiger partial charge in [0.15, 0.2) is 0 Å². The Morgan fingerprint density at radius 2 is 0.903 bits per heavy atom. The van der Waals surface area contributed by atoms with Gasteiger partial charge in [0, 0.05) is 11.6 Å². The maximum Gasteiger partial charge on any atom is 0.333 e. The number of carbonyl (C=O) groups is 12. The highest BCUT2D eigenvalue weighted by Crippen LogP contribution is 2.43. The highest BCUT2D eigenvalue weighted by molar-refractivity contribution is 5.87. The van der Waals surface area contributed by atoms with E-state index in [2.05, 4.69) is 22.6 Å². The van der Waals surface area contributed by atoms with Crippen molar-refractivity contribution >= 4 is 71.6 Å². The van der Waals surface area contributed by atoms with Gasteiger partial charge >= 0.3 is 71.6 Å². The third kappa shape index (κ3) is 43.8. The molecule has 27 nitrogen and oxygen atoms in total. The number of carboxylic acid groups (broad SMARTS) is 3. The zero-order valence-corrected chi connectivity index (χ0v) is 68.0. The Kier molecular flexibility index (Phi) is 53.2. The third-order valence-electron chi connectivity index (χ3n) is 18.4. The molecule has 0 amide bonds. The smallest absolute Gasteiger partial charge is 0.333 e. The summed E-state index contributed by atoms with van der Waals surface area (Å²) >= 11 is 0. The molecule has 0 aromatic carbocycles. The van der Waals surface area contributed by atoms with Gasteiger partial charge in [0.1, 0.15) is 32.0 Å². The quantitative estimate of drug-likeness (QED) is 0.0264. The fourth-order valence-electron chi connectivity index (χ4n) is 7.18. The summed E-state index contributed by atoms with van der Waals surface area (Å²) in [4.78, 5) is 133. The van der Waals surface area contributed by atoms with Gasteiger partial charge in [-0.25, -0.2) is 9.59 Å². The molecule has 0 aromatic rings. The minimum Gasteiger partial charge on any atom is -0.481 e. The summed E-state index contributed by atoms with van der Waals surface area (Å²) in [6, 6.07) is 0. The number of carbonyl (C=O) groups excluding carboxylic acids is 9. The summed E-state index contributed by atoms with van der Waals surface area (Å²) in [6.45, 7) is 50.8. The van der Waals surface area contributed by atoms with Gasteiger partial charge in [-0.2, -0.15) is 0 Å². The average molecular weight is 1480 g/mol. The average Bonchev–Trinajstić information content (AvgIpc) is 0.777. The van der Waals surface area contributed by atoms with Crippen LogP contribution in [0.15, 0.2) is 24.8 Å². The van der Waals surface area contributed by atoms with Crippen LogP contribution in [0.5, 0.6) is 0 Å². The van der Waals surface area contributed by atoms with Crippen LogP contribution in [0.2, 0.25) is 0 Å².